The maximum absolute atomic E-state index is 11.1. The van der Waals surface area contributed by atoms with Gasteiger partial charge in [-0.25, -0.2) is 0 Å². The minimum absolute atomic E-state index is 0.626. The summed E-state index contributed by atoms with van der Waals surface area (Å²) in [6.45, 7) is 1.06. The third kappa shape index (κ3) is 4.34. The van der Waals surface area contributed by atoms with E-state index in [9.17, 15) is 19.2 Å². The molecule has 0 bridgehead atoms. The van der Waals surface area contributed by atoms with Gasteiger partial charge in [-0.1, -0.05) is 0 Å². The molecule has 14 heavy (non-hydrogen) atoms. The van der Waals surface area contributed by atoms with E-state index < -0.39 is 42.3 Å². The monoisotopic (exact) mass is 202 g/mol. The van der Waals surface area contributed by atoms with Crippen LogP contribution in [0.2, 0.25) is 0 Å². The van der Waals surface area contributed by atoms with Crippen LogP contribution in [0.25, 0.3) is 0 Å². The fraction of sp³-hybridized carbons (Fsp3) is 0.500. The quantitative estimate of drug-likeness (QED) is 0.573. The Morgan fingerprint density at radius 1 is 1.07 bits per heavy atom. The van der Waals surface area contributed by atoms with Crippen LogP contribution >= 0.6 is 0 Å². The molecule has 1 unspecified atom stereocenters. The van der Waals surface area contributed by atoms with Crippen molar-refractivity contribution in [3.05, 3.63) is 0 Å². The molecular weight excluding hydrogens is 192 g/mol. The molecule has 0 aromatic rings. The van der Waals surface area contributed by atoms with E-state index in [0.717, 1.165) is 6.92 Å². The molecule has 6 heteroatoms. The highest BCUT2D eigenvalue weighted by atomic mass is 16.4. The Morgan fingerprint density at radius 3 is 1.86 bits per heavy atom. The van der Waals surface area contributed by atoms with Gasteiger partial charge in [0.15, 0.2) is 5.78 Å². The maximum atomic E-state index is 11.1. The van der Waals surface area contributed by atoms with Gasteiger partial charge in [-0.05, 0) is 6.92 Å². The van der Waals surface area contributed by atoms with E-state index in [2.05, 4.69) is 0 Å². The molecule has 0 fully saturated rings. The van der Waals surface area contributed by atoms with Gasteiger partial charge in [0, 0.05) is 0 Å². The summed E-state index contributed by atoms with van der Waals surface area (Å²) in [5.74, 6) is -5.51. The molecule has 0 saturated carbocycles. The Bertz CT molecular complexity index is 280. The molecule has 0 aliphatic carbocycles. The van der Waals surface area contributed by atoms with E-state index in [-0.39, 0.29) is 0 Å². The molecule has 0 saturated heterocycles. The van der Waals surface area contributed by atoms with Crippen molar-refractivity contribution in [1.82, 2.24) is 0 Å². The molecule has 0 rings (SSSR count). The minimum atomic E-state index is -1.37. The zero-order chi connectivity index (χ0) is 11.3. The van der Waals surface area contributed by atoms with Crippen LogP contribution in [0, 0.1) is 5.92 Å². The van der Waals surface area contributed by atoms with Gasteiger partial charge in [-0.2, -0.15) is 0 Å². The molecule has 0 amide bonds. The lowest BCUT2D eigenvalue weighted by molar-refractivity contribution is -0.147. The van der Waals surface area contributed by atoms with Crippen molar-refractivity contribution in [2.45, 2.75) is 19.8 Å². The summed E-state index contributed by atoms with van der Waals surface area (Å²) in [5.41, 5.74) is 0. The lowest BCUT2D eigenvalue weighted by Crippen LogP contribution is -2.26. The fourth-order valence-corrected chi connectivity index (χ4v) is 0.931. The molecule has 1 atom stereocenters. The van der Waals surface area contributed by atoms with Gasteiger partial charge in [0.05, 0.1) is 12.3 Å². The third-order valence-corrected chi connectivity index (χ3v) is 1.58. The average Bonchev–Trinajstić information content (AvgIpc) is 1.97. The minimum Gasteiger partial charge on any atom is -0.481 e. The van der Waals surface area contributed by atoms with Crippen LogP contribution in [-0.2, 0) is 19.2 Å². The summed E-state index contributed by atoms with van der Waals surface area (Å²) in [6, 6.07) is 0. The summed E-state index contributed by atoms with van der Waals surface area (Å²) in [6.07, 6.45) is -1.47. The van der Waals surface area contributed by atoms with E-state index >= 15 is 0 Å². The Balaban J connectivity index is 4.49. The zero-order valence-electron chi connectivity index (χ0n) is 7.52. The molecule has 0 spiro atoms. The number of hydrogen-bond acceptors (Lipinski definition) is 4. The molecular formula is C8H10O6. The van der Waals surface area contributed by atoms with Crippen LogP contribution in [0.15, 0.2) is 0 Å². The second-order valence-corrected chi connectivity index (χ2v) is 2.80. The standard InChI is InChI=1S/C8H10O6/c1-4(9)5(2-7(11)12)6(10)3-8(13)14/h5H,2-3H2,1H3,(H,11,12)(H,13,14). The van der Waals surface area contributed by atoms with Crippen LogP contribution in [0.5, 0.6) is 0 Å². The Hall–Kier alpha value is -1.72. The third-order valence-electron chi connectivity index (χ3n) is 1.58. The normalized spacial score (nSPS) is 11.8. The van der Waals surface area contributed by atoms with Gasteiger partial charge in [-0.15, -0.1) is 0 Å². The van der Waals surface area contributed by atoms with Gasteiger partial charge in [0.2, 0.25) is 0 Å². The number of carbonyl (C=O) groups is 4. The predicted molar refractivity (Wildman–Crippen MR) is 43.7 cm³/mol. The highest BCUT2D eigenvalue weighted by Crippen LogP contribution is 2.08. The van der Waals surface area contributed by atoms with Crippen molar-refractivity contribution in [2.24, 2.45) is 5.92 Å². The lowest BCUT2D eigenvalue weighted by Gasteiger charge is -2.07. The average molecular weight is 202 g/mol. The van der Waals surface area contributed by atoms with Crippen molar-refractivity contribution in [2.75, 3.05) is 0 Å². The first-order valence-corrected chi connectivity index (χ1v) is 3.81. The predicted octanol–water partition coefficient (Wildman–Crippen LogP) is -0.290. The van der Waals surface area contributed by atoms with Crippen molar-refractivity contribution >= 4 is 23.5 Å². The highest BCUT2D eigenvalue weighted by Gasteiger charge is 2.27. The smallest absolute Gasteiger partial charge is 0.310 e. The van der Waals surface area contributed by atoms with E-state index in [0.29, 0.717) is 0 Å². The first kappa shape index (κ1) is 12.3. The largest absolute Gasteiger partial charge is 0.481 e. The molecule has 0 aromatic carbocycles. The van der Waals surface area contributed by atoms with Gasteiger partial charge in [0.25, 0.3) is 0 Å². The summed E-state index contributed by atoms with van der Waals surface area (Å²) in [5, 5.41) is 16.6. The van der Waals surface area contributed by atoms with Gasteiger partial charge >= 0.3 is 11.9 Å². The highest BCUT2D eigenvalue weighted by molar-refractivity contribution is 6.08. The zero-order valence-corrected chi connectivity index (χ0v) is 7.52. The Morgan fingerprint density at radius 2 is 1.57 bits per heavy atom. The van der Waals surface area contributed by atoms with Crippen molar-refractivity contribution in [3.8, 4) is 0 Å². The maximum Gasteiger partial charge on any atom is 0.310 e. The second kappa shape index (κ2) is 5.11. The van der Waals surface area contributed by atoms with Crippen LogP contribution < -0.4 is 0 Å². The molecule has 2 N–H and O–H groups in total. The van der Waals surface area contributed by atoms with E-state index in [1.165, 1.54) is 0 Å². The van der Waals surface area contributed by atoms with Gasteiger partial charge in [0.1, 0.15) is 12.2 Å². The second-order valence-electron chi connectivity index (χ2n) is 2.80. The summed E-state index contributed by atoms with van der Waals surface area (Å²) in [4.78, 5) is 42.3. The van der Waals surface area contributed by atoms with Gasteiger partial charge in [-0.3, -0.25) is 19.2 Å². The lowest BCUT2D eigenvalue weighted by atomic mass is 9.94. The van der Waals surface area contributed by atoms with Crippen LogP contribution in [0.1, 0.15) is 19.8 Å². The molecule has 0 heterocycles. The van der Waals surface area contributed by atoms with E-state index in [1.807, 2.05) is 0 Å². The SMILES string of the molecule is CC(=O)C(CC(=O)O)C(=O)CC(=O)O. The number of hydrogen-bond donors (Lipinski definition) is 2. The Kier molecular flexibility index (Phi) is 4.48. The number of ketones is 2. The molecule has 6 nitrogen and oxygen atoms in total. The van der Waals surface area contributed by atoms with E-state index in [1.54, 1.807) is 0 Å². The number of carboxylic acids is 2. The number of carbonyl (C=O) groups excluding carboxylic acids is 2. The van der Waals surface area contributed by atoms with Crippen molar-refractivity contribution < 1.29 is 29.4 Å². The first-order chi connectivity index (χ1) is 6.34. The van der Waals surface area contributed by atoms with Gasteiger partial charge < -0.3 is 10.2 Å². The van der Waals surface area contributed by atoms with Crippen LogP contribution in [0.4, 0.5) is 0 Å². The van der Waals surface area contributed by atoms with Crippen LogP contribution in [0.3, 0.4) is 0 Å². The molecule has 0 aromatic heterocycles. The van der Waals surface area contributed by atoms with Crippen molar-refractivity contribution in [3.63, 3.8) is 0 Å². The fourth-order valence-electron chi connectivity index (χ4n) is 0.931. The molecule has 0 aliphatic rings. The molecule has 0 aliphatic heterocycles. The number of Topliss-reactive ketones (excluding diaryl/α,β-unsaturated/α-hetero) is 2. The number of carboxylic acid groups (broad SMARTS) is 2. The van der Waals surface area contributed by atoms with Crippen LogP contribution in [-0.4, -0.2) is 33.7 Å². The number of aliphatic carboxylic acids is 2. The summed E-state index contributed by atoms with van der Waals surface area (Å²) in [7, 11) is 0. The number of rotatable bonds is 6. The molecule has 78 valence electrons. The molecule has 0 radical (unpaired) electrons. The summed E-state index contributed by atoms with van der Waals surface area (Å²) < 4.78 is 0. The van der Waals surface area contributed by atoms with E-state index in [4.69, 9.17) is 10.2 Å². The Labute approximate surface area is 79.5 Å². The van der Waals surface area contributed by atoms with Crippen molar-refractivity contribution in [1.29, 1.82) is 0 Å². The first-order valence-electron chi connectivity index (χ1n) is 3.81. The summed E-state index contributed by atoms with van der Waals surface area (Å²) >= 11 is 0. The topological polar surface area (TPSA) is 109 Å².